The number of anilines is 1. The Kier molecular flexibility index (Phi) is 3.81. The minimum Gasteiger partial charge on any atom is -0.373 e. The summed E-state index contributed by atoms with van der Waals surface area (Å²) in [5.74, 6) is 1.53. The molecule has 0 saturated carbocycles. The van der Waals surface area contributed by atoms with Gasteiger partial charge in [0.25, 0.3) is 0 Å². The summed E-state index contributed by atoms with van der Waals surface area (Å²) in [6.45, 7) is 1.86. The third-order valence-electron chi connectivity index (χ3n) is 1.98. The zero-order valence-corrected chi connectivity index (χ0v) is 11.0. The summed E-state index contributed by atoms with van der Waals surface area (Å²) in [4.78, 5) is 12.8. The zero-order valence-electron chi connectivity index (χ0n) is 9.44. The number of hydrogen-bond acceptors (Lipinski definition) is 5. The minimum absolute atomic E-state index is 0.629. The normalized spacial score (nSPS) is 10.3. The molecule has 17 heavy (non-hydrogen) atoms. The number of nitrogens with one attached hydrogen (secondary N) is 1. The van der Waals surface area contributed by atoms with Crippen molar-refractivity contribution in [3.63, 3.8) is 0 Å². The second-order valence-electron chi connectivity index (χ2n) is 3.31. The third-order valence-corrected chi connectivity index (χ3v) is 3.07. The first-order valence-corrected chi connectivity index (χ1v) is 6.19. The van der Waals surface area contributed by atoms with Gasteiger partial charge in [0.05, 0.1) is 5.02 Å². The van der Waals surface area contributed by atoms with Gasteiger partial charge in [-0.1, -0.05) is 11.6 Å². The van der Waals surface area contributed by atoms with E-state index in [0.29, 0.717) is 5.02 Å². The van der Waals surface area contributed by atoms with Gasteiger partial charge in [-0.25, -0.2) is 15.0 Å². The highest BCUT2D eigenvalue weighted by molar-refractivity contribution is 7.99. The molecule has 88 valence electrons. The van der Waals surface area contributed by atoms with Crippen molar-refractivity contribution in [1.29, 1.82) is 0 Å². The summed E-state index contributed by atoms with van der Waals surface area (Å²) < 4.78 is 0. The SMILES string of the molecule is CNc1cc(Sc2ccc(Cl)cn2)nc(C)n1. The van der Waals surface area contributed by atoms with Crippen LogP contribution in [0.5, 0.6) is 0 Å². The van der Waals surface area contributed by atoms with E-state index in [1.54, 1.807) is 6.20 Å². The number of aromatic nitrogens is 3. The van der Waals surface area contributed by atoms with Gasteiger partial charge < -0.3 is 5.32 Å². The van der Waals surface area contributed by atoms with E-state index < -0.39 is 0 Å². The molecule has 2 rings (SSSR count). The van der Waals surface area contributed by atoms with Crippen LogP contribution >= 0.6 is 23.4 Å². The topological polar surface area (TPSA) is 50.7 Å². The molecule has 0 fully saturated rings. The van der Waals surface area contributed by atoms with Gasteiger partial charge in [0, 0.05) is 19.3 Å². The van der Waals surface area contributed by atoms with Crippen LogP contribution in [0.1, 0.15) is 5.82 Å². The molecule has 2 aromatic heterocycles. The van der Waals surface area contributed by atoms with Crippen LogP contribution in [0.15, 0.2) is 34.4 Å². The Morgan fingerprint density at radius 1 is 1.24 bits per heavy atom. The van der Waals surface area contributed by atoms with Crippen molar-refractivity contribution in [3.05, 3.63) is 35.2 Å². The van der Waals surface area contributed by atoms with Crippen LogP contribution in [0.2, 0.25) is 5.02 Å². The van der Waals surface area contributed by atoms with E-state index >= 15 is 0 Å². The summed E-state index contributed by atoms with van der Waals surface area (Å²) in [5, 5.41) is 5.34. The van der Waals surface area contributed by atoms with Crippen molar-refractivity contribution in [2.45, 2.75) is 17.0 Å². The number of hydrogen-bond donors (Lipinski definition) is 1. The van der Waals surface area contributed by atoms with Crippen molar-refractivity contribution in [3.8, 4) is 0 Å². The molecule has 0 spiro atoms. The second kappa shape index (κ2) is 5.33. The number of rotatable bonds is 3. The highest BCUT2D eigenvalue weighted by Gasteiger charge is 2.04. The van der Waals surface area contributed by atoms with Gasteiger partial charge in [-0.3, -0.25) is 0 Å². The quantitative estimate of drug-likeness (QED) is 0.866. The van der Waals surface area contributed by atoms with Crippen molar-refractivity contribution in [2.75, 3.05) is 12.4 Å². The van der Waals surface area contributed by atoms with E-state index in [-0.39, 0.29) is 0 Å². The van der Waals surface area contributed by atoms with Crippen LogP contribution in [-0.2, 0) is 0 Å². The molecule has 1 N–H and O–H groups in total. The first-order chi connectivity index (χ1) is 8.17. The molecule has 0 atom stereocenters. The minimum atomic E-state index is 0.629. The Bertz CT molecular complexity index is 515. The Labute approximate surface area is 109 Å². The monoisotopic (exact) mass is 266 g/mol. The van der Waals surface area contributed by atoms with E-state index in [4.69, 9.17) is 11.6 Å². The van der Waals surface area contributed by atoms with Crippen LogP contribution in [0.25, 0.3) is 0 Å². The first kappa shape index (κ1) is 12.1. The van der Waals surface area contributed by atoms with Gasteiger partial charge in [-0.15, -0.1) is 0 Å². The lowest BCUT2D eigenvalue weighted by atomic mass is 10.5. The largest absolute Gasteiger partial charge is 0.373 e. The molecule has 0 aliphatic carbocycles. The van der Waals surface area contributed by atoms with E-state index in [0.717, 1.165) is 21.7 Å². The highest BCUT2D eigenvalue weighted by atomic mass is 35.5. The molecule has 4 nitrogen and oxygen atoms in total. The molecule has 0 saturated heterocycles. The molecule has 2 aromatic rings. The zero-order chi connectivity index (χ0) is 12.3. The molecular weight excluding hydrogens is 256 g/mol. The van der Waals surface area contributed by atoms with E-state index in [1.165, 1.54) is 11.8 Å². The predicted octanol–water partition coefficient (Wildman–Crippen LogP) is 3.03. The Balaban J connectivity index is 2.23. The van der Waals surface area contributed by atoms with Gasteiger partial charge in [-0.2, -0.15) is 0 Å². The molecule has 0 aliphatic rings. The molecule has 0 aliphatic heterocycles. The lowest BCUT2D eigenvalue weighted by Gasteiger charge is -2.04. The lowest BCUT2D eigenvalue weighted by Crippen LogP contribution is -1.97. The average Bonchev–Trinajstić information content (AvgIpc) is 2.31. The molecule has 6 heteroatoms. The number of nitrogens with zero attached hydrogens (tertiary/aromatic N) is 3. The number of pyridine rings is 1. The molecule has 0 unspecified atom stereocenters. The van der Waals surface area contributed by atoms with E-state index in [1.807, 2.05) is 32.2 Å². The van der Waals surface area contributed by atoms with Crippen LogP contribution in [0.3, 0.4) is 0 Å². The predicted molar refractivity (Wildman–Crippen MR) is 69.7 cm³/mol. The fourth-order valence-corrected chi connectivity index (χ4v) is 2.17. The van der Waals surface area contributed by atoms with Gasteiger partial charge in [0.15, 0.2) is 0 Å². The fraction of sp³-hybridized carbons (Fsp3) is 0.182. The lowest BCUT2D eigenvalue weighted by molar-refractivity contribution is 0.965. The molecule has 0 amide bonds. The maximum atomic E-state index is 5.78. The van der Waals surface area contributed by atoms with Crippen molar-refractivity contribution in [2.24, 2.45) is 0 Å². The Morgan fingerprint density at radius 3 is 2.71 bits per heavy atom. The van der Waals surface area contributed by atoms with E-state index in [9.17, 15) is 0 Å². The number of halogens is 1. The van der Waals surface area contributed by atoms with Crippen molar-refractivity contribution < 1.29 is 0 Å². The molecule has 0 bridgehead atoms. The summed E-state index contributed by atoms with van der Waals surface area (Å²) in [5.41, 5.74) is 0. The van der Waals surface area contributed by atoms with Gasteiger partial charge >= 0.3 is 0 Å². The Hall–Kier alpha value is -1.33. The summed E-state index contributed by atoms with van der Waals surface area (Å²) in [7, 11) is 1.83. The highest BCUT2D eigenvalue weighted by Crippen LogP contribution is 2.26. The second-order valence-corrected chi connectivity index (χ2v) is 4.78. The maximum absolute atomic E-state index is 5.78. The molecular formula is C11H11ClN4S. The summed E-state index contributed by atoms with van der Waals surface area (Å²) >= 11 is 7.26. The van der Waals surface area contributed by atoms with E-state index in [2.05, 4.69) is 20.3 Å². The van der Waals surface area contributed by atoms with Crippen LogP contribution < -0.4 is 5.32 Å². The van der Waals surface area contributed by atoms with Crippen molar-refractivity contribution >= 4 is 29.2 Å². The maximum Gasteiger partial charge on any atom is 0.130 e. The third kappa shape index (κ3) is 3.31. The molecule has 0 aromatic carbocycles. The number of aryl methyl sites for hydroxylation is 1. The fourth-order valence-electron chi connectivity index (χ4n) is 1.25. The standard InChI is InChI=1S/C11H11ClN4S/c1-7-15-9(13-2)5-11(16-7)17-10-4-3-8(12)6-14-10/h3-6H,1-2H3,(H,13,15,16). The van der Waals surface area contributed by atoms with Crippen molar-refractivity contribution in [1.82, 2.24) is 15.0 Å². The summed E-state index contributed by atoms with van der Waals surface area (Å²) in [6.07, 6.45) is 1.62. The smallest absolute Gasteiger partial charge is 0.130 e. The van der Waals surface area contributed by atoms with Crippen LogP contribution in [0, 0.1) is 6.92 Å². The molecule has 0 radical (unpaired) electrons. The van der Waals surface area contributed by atoms with Gasteiger partial charge in [0.2, 0.25) is 0 Å². The molecule has 2 heterocycles. The first-order valence-electron chi connectivity index (χ1n) is 5.00. The Morgan fingerprint density at radius 2 is 2.06 bits per heavy atom. The van der Waals surface area contributed by atoms with Crippen LogP contribution in [-0.4, -0.2) is 22.0 Å². The summed E-state index contributed by atoms with van der Waals surface area (Å²) in [6, 6.07) is 5.56. The van der Waals surface area contributed by atoms with Gasteiger partial charge in [-0.05, 0) is 30.8 Å². The average molecular weight is 267 g/mol. The van der Waals surface area contributed by atoms with Crippen LogP contribution in [0.4, 0.5) is 5.82 Å². The van der Waals surface area contributed by atoms with Gasteiger partial charge in [0.1, 0.15) is 21.7 Å².